The van der Waals surface area contributed by atoms with Gasteiger partial charge in [-0.05, 0) is 24.8 Å². The normalized spacial score (nSPS) is 23.8. The first-order chi connectivity index (χ1) is 6.63. The highest BCUT2D eigenvalue weighted by Gasteiger charge is 2.45. The van der Waals surface area contributed by atoms with Crippen LogP contribution in [0.3, 0.4) is 0 Å². The molecule has 1 saturated carbocycles. The summed E-state index contributed by atoms with van der Waals surface area (Å²) in [5.41, 5.74) is 1.80. The van der Waals surface area contributed by atoms with Crippen LogP contribution < -0.4 is 5.32 Å². The lowest BCUT2D eigenvalue weighted by Crippen LogP contribution is -2.21. The minimum atomic E-state index is 0.511. The highest BCUT2D eigenvalue weighted by atomic mass is 15.3. The number of nitrogens with one attached hydrogen (secondary N) is 1. The third-order valence-corrected chi connectivity index (χ3v) is 3.15. The van der Waals surface area contributed by atoms with Gasteiger partial charge in [-0.2, -0.15) is 5.10 Å². The Morgan fingerprint density at radius 2 is 2.36 bits per heavy atom. The maximum Gasteiger partial charge on any atom is 0.0522 e. The quantitative estimate of drug-likeness (QED) is 0.790. The zero-order chi connectivity index (χ0) is 10.2. The van der Waals surface area contributed by atoms with Gasteiger partial charge in [0.15, 0.2) is 0 Å². The summed E-state index contributed by atoms with van der Waals surface area (Å²) in [5.74, 6) is 0. The summed E-state index contributed by atoms with van der Waals surface area (Å²) in [5, 5.41) is 7.81. The molecule has 0 amide bonds. The van der Waals surface area contributed by atoms with Crippen molar-refractivity contribution in [3.05, 3.63) is 18.0 Å². The van der Waals surface area contributed by atoms with Crippen LogP contribution in [0.1, 0.15) is 32.9 Å². The van der Waals surface area contributed by atoms with Crippen LogP contribution >= 0.6 is 0 Å². The Bertz CT molecular complexity index is 314. The van der Waals surface area contributed by atoms with Gasteiger partial charge < -0.3 is 5.32 Å². The Morgan fingerprint density at radius 1 is 1.64 bits per heavy atom. The third kappa shape index (κ3) is 1.82. The molecule has 1 aromatic rings. The fraction of sp³-hybridized carbons (Fsp3) is 0.727. The van der Waals surface area contributed by atoms with Gasteiger partial charge in [0.2, 0.25) is 0 Å². The number of aromatic nitrogens is 2. The van der Waals surface area contributed by atoms with Crippen LogP contribution in [-0.2, 0) is 13.1 Å². The van der Waals surface area contributed by atoms with Crippen LogP contribution in [0.25, 0.3) is 0 Å². The second-order valence-electron chi connectivity index (χ2n) is 4.76. The van der Waals surface area contributed by atoms with Crippen molar-refractivity contribution in [1.29, 1.82) is 0 Å². The molecule has 0 aliphatic heterocycles. The molecule has 0 aromatic carbocycles. The first kappa shape index (κ1) is 9.71. The van der Waals surface area contributed by atoms with Crippen molar-refractivity contribution in [3.8, 4) is 0 Å². The van der Waals surface area contributed by atoms with E-state index in [1.165, 1.54) is 12.1 Å². The maximum atomic E-state index is 4.25. The van der Waals surface area contributed by atoms with E-state index in [4.69, 9.17) is 0 Å². The van der Waals surface area contributed by atoms with E-state index >= 15 is 0 Å². The minimum Gasteiger partial charge on any atom is -0.308 e. The van der Waals surface area contributed by atoms with Gasteiger partial charge in [-0.3, -0.25) is 4.68 Å². The Morgan fingerprint density at radius 3 is 2.93 bits per heavy atom. The average Bonchev–Trinajstić information content (AvgIpc) is 2.62. The molecule has 0 bridgehead atoms. The summed E-state index contributed by atoms with van der Waals surface area (Å²) < 4.78 is 2.04. The van der Waals surface area contributed by atoms with Gasteiger partial charge in [0.1, 0.15) is 0 Å². The first-order valence-electron chi connectivity index (χ1n) is 5.37. The molecule has 0 saturated heterocycles. The predicted octanol–water partition coefficient (Wildman–Crippen LogP) is 1.79. The van der Waals surface area contributed by atoms with Crippen LogP contribution in [0.5, 0.6) is 0 Å². The summed E-state index contributed by atoms with van der Waals surface area (Å²) in [6.07, 6.45) is 3.17. The maximum absolute atomic E-state index is 4.25. The molecule has 1 aromatic heterocycles. The molecular weight excluding hydrogens is 174 g/mol. The highest BCUT2D eigenvalue weighted by molar-refractivity contribution is 5.05. The number of rotatable bonds is 4. The zero-order valence-electron chi connectivity index (χ0n) is 9.25. The standard InChI is InChI=1S/C11H19N3/c1-4-14-9(5-6-13-14)8-12-10-7-11(10,2)3/h5-6,10,12H,4,7-8H2,1-3H3. The van der Waals surface area contributed by atoms with Gasteiger partial charge in [-0.15, -0.1) is 0 Å². The van der Waals surface area contributed by atoms with Crippen molar-refractivity contribution in [2.45, 2.75) is 46.3 Å². The lowest BCUT2D eigenvalue weighted by molar-refractivity contribution is 0.520. The number of nitrogens with zero attached hydrogens (tertiary/aromatic N) is 2. The molecule has 1 fully saturated rings. The average molecular weight is 193 g/mol. The van der Waals surface area contributed by atoms with Crippen molar-refractivity contribution < 1.29 is 0 Å². The predicted molar refractivity (Wildman–Crippen MR) is 56.9 cm³/mol. The molecule has 0 spiro atoms. The molecule has 78 valence electrons. The van der Waals surface area contributed by atoms with Gasteiger partial charge >= 0.3 is 0 Å². The molecule has 2 rings (SSSR count). The van der Waals surface area contributed by atoms with E-state index < -0.39 is 0 Å². The second-order valence-corrected chi connectivity index (χ2v) is 4.76. The number of aryl methyl sites for hydroxylation is 1. The lowest BCUT2D eigenvalue weighted by atomic mass is 10.2. The van der Waals surface area contributed by atoms with E-state index in [9.17, 15) is 0 Å². The Labute approximate surface area is 85.5 Å². The van der Waals surface area contributed by atoms with E-state index in [0.29, 0.717) is 11.5 Å². The third-order valence-electron chi connectivity index (χ3n) is 3.15. The zero-order valence-corrected chi connectivity index (χ0v) is 9.25. The molecule has 0 radical (unpaired) electrons. The van der Waals surface area contributed by atoms with Crippen molar-refractivity contribution in [2.75, 3.05) is 0 Å². The Kier molecular flexibility index (Phi) is 2.35. The second kappa shape index (κ2) is 3.39. The van der Waals surface area contributed by atoms with E-state index in [2.05, 4.69) is 37.3 Å². The number of hydrogen-bond donors (Lipinski definition) is 1. The molecule has 3 nitrogen and oxygen atoms in total. The summed E-state index contributed by atoms with van der Waals surface area (Å²) >= 11 is 0. The van der Waals surface area contributed by atoms with Crippen molar-refractivity contribution >= 4 is 0 Å². The molecule has 1 atom stereocenters. The van der Waals surface area contributed by atoms with Gasteiger partial charge in [0.25, 0.3) is 0 Å². The Balaban J connectivity index is 1.87. The fourth-order valence-electron chi connectivity index (χ4n) is 1.84. The summed E-state index contributed by atoms with van der Waals surface area (Å²) in [6, 6.07) is 2.79. The molecule has 1 N–H and O–H groups in total. The molecule has 1 aliphatic carbocycles. The topological polar surface area (TPSA) is 29.9 Å². The van der Waals surface area contributed by atoms with Crippen molar-refractivity contribution in [2.24, 2.45) is 5.41 Å². The molecule has 1 aliphatic rings. The SMILES string of the molecule is CCn1nccc1CNC1CC1(C)C. The van der Waals surface area contributed by atoms with Gasteiger partial charge in [-0.1, -0.05) is 13.8 Å². The highest BCUT2D eigenvalue weighted by Crippen LogP contribution is 2.44. The van der Waals surface area contributed by atoms with Gasteiger partial charge in [0.05, 0.1) is 5.69 Å². The first-order valence-corrected chi connectivity index (χ1v) is 5.37. The minimum absolute atomic E-state index is 0.511. The summed E-state index contributed by atoms with van der Waals surface area (Å²) in [6.45, 7) is 8.64. The Hall–Kier alpha value is -0.830. The molecule has 3 heteroatoms. The molecule has 14 heavy (non-hydrogen) atoms. The fourth-order valence-corrected chi connectivity index (χ4v) is 1.84. The van der Waals surface area contributed by atoms with Crippen LogP contribution in [0.15, 0.2) is 12.3 Å². The van der Waals surface area contributed by atoms with Crippen LogP contribution in [0.2, 0.25) is 0 Å². The lowest BCUT2D eigenvalue weighted by Gasteiger charge is -2.07. The molecule has 1 unspecified atom stereocenters. The van der Waals surface area contributed by atoms with Crippen molar-refractivity contribution in [3.63, 3.8) is 0 Å². The van der Waals surface area contributed by atoms with Crippen LogP contribution in [-0.4, -0.2) is 15.8 Å². The van der Waals surface area contributed by atoms with Crippen LogP contribution in [0.4, 0.5) is 0 Å². The smallest absolute Gasteiger partial charge is 0.0522 e. The van der Waals surface area contributed by atoms with E-state index in [1.54, 1.807) is 0 Å². The largest absolute Gasteiger partial charge is 0.308 e. The van der Waals surface area contributed by atoms with Crippen LogP contribution in [0, 0.1) is 5.41 Å². The van der Waals surface area contributed by atoms with E-state index in [1.807, 2.05) is 10.9 Å². The summed E-state index contributed by atoms with van der Waals surface area (Å²) in [7, 11) is 0. The molecule has 1 heterocycles. The van der Waals surface area contributed by atoms with Gasteiger partial charge in [0, 0.05) is 25.3 Å². The monoisotopic (exact) mass is 193 g/mol. The van der Waals surface area contributed by atoms with E-state index in [-0.39, 0.29) is 0 Å². The molecular formula is C11H19N3. The van der Waals surface area contributed by atoms with Crippen molar-refractivity contribution in [1.82, 2.24) is 15.1 Å². The summed E-state index contributed by atoms with van der Waals surface area (Å²) in [4.78, 5) is 0. The van der Waals surface area contributed by atoms with E-state index in [0.717, 1.165) is 13.1 Å². The van der Waals surface area contributed by atoms with Gasteiger partial charge in [-0.25, -0.2) is 0 Å². The number of hydrogen-bond acceptors (Lipinski definition) is 2.